The van der Waals surface area contributed by atoms with E-state index >= 15 is 0 Å². The van der Waals surface area contributed by atoms with Gasteiger partial charge in [-0.05, 0) is 25.5 Å². The molecule has 98 valence electrons. The summed E-state index contributed by atoms with van der Waals surface area (Å²) in [5.74, 6) is 0.217. The number of carbonyl (C=O) groups is 1. The highest BCUT2D eigenvalue weighted by Crippen LogP contribution is 2.18. The molecule has 0 bridgehead atoms. The molecule has 1 atom stereocenters. The van der Waals surface area contributed by atoms with E-state index in [4.69, 9.17) is 9.47 Å². The number of nitro benzene ring substituents is 1. The van der Waals surface area contributed by atoms with E-state index in [1.807, 2.05) is 6.92 Å². The standard InChI is InChI=1S/C12H15NO5/c1-3-4-9(2)17-12(14)18-11-7-5-10(6-8-11)13(15)16/h5-9H,3-4H2,1-2H3. The van der Waals surface area contributed by atoms with Crippen molar-refractivity contribution in [3.63, 3.8) is 0 Å². The maximum absolute atomic E-state index is 11.3. The van der Waals surface area contributed by atoms with Crippen molar-refractivity contribution >= 4 is 11.8 Å². The van der Waals surface area contributed by atoms with Crippen LogP contribution in [0.4, 0.5) is 10.5 Å². The fourth-order valence-corrected chi connectivity index (χ4v) is 1.39. The Morgan fingerprint density at radius 2 is 2.00 bits per heavy atom. The van der Waals surface area contributed by atoms with Crippen LogP contribution in [0, 0.1) is 10.1 Å². The van der Waals surface area contributed by atoms with Gasteiger partial charge in [0.05, 0.1) is 4.92 Å². The maximum atomic E-state index is 11.3. The fourth-order valence-electron chi connectivity index (χ4n) is 1.39. The van der Waals surface area contributed by atoms with Crippen molar-refractivity contribution < 1.29 is 19.2 Å². The first-order valence-corrected chi connectivity index (χ1v) is 5.66. The summed E-state index contributed by atoms with van der Waals surface area (Å²) in [4.78, 5) is 21.2. The van der Waals surface area contributed by atoms with Gasteiger partial charge in [0.1, 0.15) is 11.9 Å². The van der Waals surface area contributed by atoms with Crippen LogP contribution in [0.3, 0.4) is 0 Å². The molecular formula is C12H15NO5. The predicted octanol–water partition coefficient (Wildman–Crippen LogP) is 3.30. The molecule has 0 fully saturated rings. The van der Waals surface area contributed by atoms with Gasteiger partial charge in [0.2, 0.25) is 0 Å². The Bertz CT molecular complexity index is 415. The Kier molecular flexibility index (Phi) is 5.10. The minimum absolute atomic E-state index is 0.0601. The van der Waals surface area contributed by atoms with Gasteiger partial charge in [-0.25, -0.2) is 4.79 Å². The van der Waals surface area contributed by atoms with Crippen LogP contribution in [0.2, 0.25) is 0 Å². The molecule has 0 amide bonds. The molecule has 6 nitrogen and oxygen atoms in total. The van der Waals surface area contributed by atoms with Gasteiger partial charge in [0.15, 0.2) is 0 Å². The summed E-state index contributed by atoms with van der Waals surface area (Å²) in [5, 5.41) is 10.4. The lowest BCUT2D eigenvalue weighted by molar-refractivity contribution is -0.384. The maximum Gasteiger partial charge on any atom is 0.514 e. The van der Waals surface area contributed by atoms with Crippen LogP contribution in [0.15, 0.2) is 24.3 Å². The van der Waals surface area contributed by atoms with Crippen LogP contribution in [0.5, 0.6) is 5.75 Å². The number of non-ortho nitro benzene ring substituents is 1. The minimum Gasteiger partial charge on any atom is -0.431 e. The normalized spacial score (nSPS) is 11.7. The molecule has 18 heavy (non-hydrogen) atoms. The molecule has 0 N–H and O–H groups in total. The smallest absolute Gasteiger partial charge is 0.431 e. The van der Waals surface area contributed by atoms with Crippen LogP contribution in [-0.2, 0) is 4.74 Å². The van der Waals surface area contributed by atoms with Gasteiger partial charge in [0.25, 0.3) is 5.69 Å². The van der Waals surface area contributed by atoms with E-state index in [0.717, 1.165) is 12.8 Å². The molecule has 1 aromatic carbocycles. The minimum atomic E-state index is -0.801. The Balaban J connectivity index is 2.51. The van der Waals surface area contributed by atoms with Crippen molar-refractivity contribution in [2.75, 3.05) is 0 Å². The third kappa shape index (κ3) is 4.40. The lowest BCUT2D eigenvalue weighted by Gasteiger charge is -2.11. The van der Waals surface area contributed by atoms with E-state index in [9.17, 15) is 14.9 Å². The Morgan fingerprint density at radius 3 is 2.50 bits per heavy atom. The lowest BCUT2D eigenvalue weighted by atomic mass is 10.2. The zero-order valence-corrected chi connectivity index (χ0v) is 10.3. The number of ether oxygens (including phenoxy) is 2. The SMILES string of the molecule is CCCC(C)OC(=O)Oc1ccc([N+](=O)[O-])cc1. The average Bonchev–Trinajstić information content (AvgIpc) is 2.29. The molecule has 0 aliphatic heterocycles. The number of benzene rings is 1. The van der Waals surface area contributed by atoms with Crippen molar-refractivity contribution in [1.82, 2.24) is 0 Å². The van der Waals surface area contributed by atoms with Crippen LogP contribution >= 0.6 is 0 Å². The summed E-state index contributed by atoms with van der Waals surface area (Å²) >= 11 is 0. The highest BCUT2D eigenvalue weighted by Gasteiger charge is 2.12. The number of hydrogen-bond donors (Lipinski definition) is 0. The molecule has 0 saturated carbocycles. The second kappa shape index (κ2) is 6.58. The van der Waals surface area contributed by atoms with E-state index in [-0.39, 0.29) is 17.5 Å². The molecule has 0 aliphatic rings. The van der Waals surface area contributed by atoms with Crippen LogP contribution < -0.4 is 4.74 Å². The summed E-state index contributed by atoms with van der Waals surface area (Å²) in [5.41, 5.74) is -0.0601. The van der Waals surface area contributed by atoms with Crippen molar-refractivity contribution in [3.8, 4) is 5.75 Å². The number of nitrogens with zero attached hydrogens (tertiary/aromatic N) is 1. The quantitative estimate of drug-likeness (QED) is 0.348. The monoisotopic (exact) mass is 253 g/mol. The molecule has 0 heterocycles. The first-order valence-electron chi connectivity index (χ1n) is 5.66. The van der Waals surface area contributed by atoms with Crippen LogP contribution in [-0.4, -0.2) is 17.2 Å². The second-order valence-corrected chi connectivity index (χ2v) is 3.82. The zero-order valence-electron chi connectivity index (χ0n) is 10.3. The van der Waals surface area contributed by atoms with E-state index in [1.54, 1.807) is 6.92 Å². The van der Waals surface area contributed by atoms with E-state index < -0.39 is 11.1 Å². The summed E-state index contributed by atoms with van der Waals surface area (Å²) < 4.78 is 9.86. The summed E-state index contributed by atoms with van der Waals surface area (Å²) in [7, 11) is 0. The van der Waals surface area contributed by atoms with Crippen molar-refractivity contribution in [2.45, 2.75) is 32.8 Å². The Labute approximate surface area is 105 Å². The van der Waals surface area contributed by atoms with Crippen molar-refractivity contribution in [3.05, 3.63) is 34.4 Å². The number of hydrogen-bond acceptors (Lipinski definition) is 5. The summed E-state index contributed by atoms with van der Waals surface area (Å²) in [6.07, 6.45) is 0.659. The largest absolute Gasteiger partial charge is 0.514 e. The fraction of sp³-hybridized carbons (Fsp3) is 0.417. The molecule has 0 radical (unpaired) electrons. The first kappa shape index (κ1) is 14.0. The topological polar surface area (TPSA) is 78.7 Å². The Hall–Kier alpha value is -2.11. The van der Waals surface area contributed by atoms with E-state index in [1.165, 1.54) is 24.3 Å². The molecule has 0 aliphatic carbocycles. The van der Waals surface area contributed by atoms with E-state index in [0.29, 0.717) is 0 Å². The molecular weight excluding hydrogens is 238 g/mol. The number of rotatable bonds is 5. The molecule has 1 rings (SSSR count). The van der Waals surface area contributed by atoms with Crippen molar-refractivity contribution in [1.29, 1.82) is 0 Å². The van der Waals surface area contributed by atoms with Gasteiger partial charge in [-0.1, -0.05) is 13.3 Å². The molecule has 6 heteroatoms. The highest BCUT2D eigenvalue weighted by atomic mass is 16.7. The van der Waals surface area contributed by atoms with Gasteiger partial charge < -0.3 is 9.47 Å². The molecule has 1 aromatic rings. The zero-order chi connectivity index (χ0) is 13.5. The predicted molar refractivity (Wildman–Crippen MR) is 64.6 cm³/mol. The molecule has 0 aromatic heterocycles. The van der Waals surface area contributed by atoms with Crippen LogP contribution in [0.25, 0.3) is 0 Å². The number of nitro groups is 1. The van der Waals surface area contributed by atoms with Crippen LogP contribution in [0.1, 0.15) is 26.7 Å². The first-order chi connectivity index (χ1) is 8.52. The van der Waals surface area contributed by atoms with Gasteiger partial charge >= 0.3 is 6.16 Å². The van der Waals surface area contributed by atoms with Gasteiger partial charge in [-0.3, -0.25) is 10.1 Å². The van der Waals surface area contributed by atoms with Gasteiger partial charge in [-0.2, -0.15) is 0 Å². The highest BCUT2D eigenvalue weighted by molar-refractivity contribution is 5.64. The molecule has 0 spiro atoms. The third-order valence-electron chi connectivity index (χ3n) is 2.24. The molecule has 1 unspecified atom stereocenters. The third-order valence-corrected chi connectivity index (χ3v) is 2.24. The molecule has 0 saturated heterocycles. The van der Waals surface area contributed by atoms with E-state index in [2.05, 4.69) is 0 Å². The Morgan fingerprint density at radius 1 is 1.39 bits per heavy atom. The average molecular weight is 253 g/mol. The number of carbonyl (C=O) groups excluding carboxylic acids is 1. The van der Waals surface area contributed by atoms with Gasteiger partial charge in [-0.15, -0.1) is 0 Å². The van der Waals surface area contributed by atoms with Gasteiger partial charge in [0, 0.05) is 12.1 Å². The second-order valence-electron chi connectivity index (χ2n) is 3.82. The summed E-state index contributed by atoms with van der Waals surface area (Å²) in [6, 6.07) is 5.23. The van der Waals surface area contributed by atoms with Crippen molar-refractivity contribution in [2.24, 2.45) is 0 Å². The lowest BCUT2D eigenvalue weighted by Crippen LogP contribution is -2.18. The summed E-state index contributed by atoms with van der Waals surface area (Å²) in [6.45, 7) is 3.77.